The van der Waals surface area contributed by atoms with E-state index in [1.54, 1.807) is 24.3 Å². The highest BCUT2D eigenvalue weighted by Gasteiger charge is 2.28. The Morgan fingerprint density at radius 2 is 1.59 bits per heavy atom. The van der Waals surface area contributed by atoms with Crippen LogP contribution in [-0.4, -0.2) is 28.7 Å². The fourth-order valence-electron chi connectivity index (χ4n) is 3.63. The maximum atomic E-state index is 13.2. The van der Waals surface area contributed by atoms with E-state index in [1.165, 1.54) is 6.08 Å². The number of anilines is 1. The number of carbonyl (C=O) groups excluding carboxylic acids is 2. The number of oxime groups is 1. The lowest BCUT2D eigenvalue weighted by atomic mass is 9.91. The van der Waals surface area contributed by atoms with E-state index in [-0.39, 0.29) is 23.1 Å². The summed E-state index contributed by atoms with van der Waals surface area (Å²) in [4.78, 5) is 26.3. The van der Waals surface area contributed by atoms with E-state index in [1.807, 2.05) is 61.5 Å². The average Bonchev–Trinajstić information content (AvgIpc) is 2.82. The van der Waals surface area contributed by atoms with Gasteiger partial charge in [-0.25, -0.2) is 0 Å². The molecule has 1 aliphatic carbocycles. The smallest absolute Gasteiger partial charge is 0.247 e. The quantitative estimate of drug-likeness (QED) is 0.410. The van der Waals surface area contributed by atoms with Crippen LogP contribution >= 0.6 is 0 Å². The first kappa shape index (κ1) is 21.1. The van der Waals surface area contributed by atoms with Gasteiger partial charge in [-0.3, -0.25) is 9.59 Å². The maximum absolute atomic E-state index is 13.2. The third-order valence-corrected chi connectivity index (χ3v) is 5.33. The van der Waals surface area contributed by atoms with Crippen molar-refractivity contribution in [2.75, 3.05) is 5.32 Å². The number of hydrogen-bond donors (Lipinski definition) is 3. The standard InChI is InChI=1S/C26H23N3O3/c1-17-11-13-19(14-12-17)27-26(31)24(15-18-7-3-2-4-8-18)28-23-16-22(29-32)20-9-5-6-10-21(20)25(23)30/h2-14,16,24,28,32H,15H2,1H3,(H,27,31). The number of allylic oxidation sites excluding steroid dienone is 2. The van der Waals surface area contributed by atoms with Gasteiger partial charge in [0.2, 0.25) is 11.7 Å². The third kappa shape index (κ3) is 4.59. The van der Waals surface area contributed by atoms with E-state index in [9.17, 15) is 14.8 Å². The molecule has 6 heteroatoms. The van der Waals surface area contributed by atoms with Crippen LogP contribution in [0.3, 0.4) is 0 Å². The van der Waals surface area contributed by atoms with E-state index in [0.29, 0.717) is 23.2 Å². The zero-order valence-corrected chi connectivity index (χ0v) is 17.6. The molecule has 0 bridgehead atoms. The number of nitrogens with zero attached hydrogens (tertiary/aromatic N) is 1. The molecule has 1 atom stereocenters. The summed E-state index contributed by atoms with van der Waals surface area (Å²) in [5.41, 5.74) is 4.15. The molecule has 160 valence electrons. The average molecular weight is 425 g/mol. The molecule has 1 unspecified atom stereocenters. The van der Waals surface area contributed by atoms with E-state index >= 15 is 0 Å². The SMILES string of the molecule is Cc1ccc(NC(=O)C(Cc2ccccc2)NC2=CC(=NO)c3ccccc3C2=O)cc1. The number of amides is 1. The number of carbonyl (C=O) groups is 2. The first-order valence-electron chi connectivity index (χ1n) is 10.3. The molecule has 0 spiro atoms. The van der Waals surface area contributed by atoms with Crippen molar-refractivity contribution in [3.63, 3.8) is 0 Å². The third-order valence-electron chi connectivity index (χ3n) is 5.33. The molecule has 32 heavy (non-hydrogen) atoms. The van der Waals surface area contributed by atoms with Crippen molar-refractivity contribution >= 4 is 23.1 Å². The lowest BCUT2D eigenvalue weighted by molar-refractivity contribution is -0.117. The summed E-state index contributed by atoms with van der Waals surface area (Å²) >= 11 is 0. The molecule has 3 N–H and O–H groups in total. The van der Waals surface area contributed by atoms with Gasteiger partial charge >= 0.3 is 0 Å². The predicted molar refractivity (Wildman–Crippen MR) is 124 cm³/mol. The Kier molecular flexibility index (Phi) is 6.12. The Bertz CT molecular complexity index is 1200. The van der Waals surface area contributed by atoms with Crippen LogP contribution in [0.5, 0.6) is 0 Å². The van der Waals surface area contributed by atoms with Crippen LogP contribution in [0.1, 0.15) is 27.0 Å². The van der Waals surface area contributed by atoms with Crippen LogP contribution in [0.25, 0.3) is 0 Å². The summed E-state index contributed by atoms with van der Waals surface area (Å²) in [5.74, 6) is -0.526. The van der Waals surface area contributed by atoms with Crippen molar-refractivity contribution in [1.29, 1.82) is 0 Å². The molecule has 0 aromatic heterocycles. The van der Waals surface area contributed by atoms with Gasteiger partial charge in [-0.15, -0.1) is 0 Å². The molecular weight excluding hydrogens is 402 g/mol. The molecule has 3 aromatic rings. The van der Waals surface area contributed by atoms with E-state index < -0.39 is 6.04 Å². The van der Waals surface area contributed by atoms with Crippen LogP contribution in [0.15, 0.2) is 95.8 Å². The number of benzene rings is 3. The Labute approximate surface area is 186 Å². The number of rotatable bonds is 6. The lowest BCUT2D eigenvalue weighted by Gasteiger charge is -2.24. The highest BCUT2D eigenvalue weighted by atomic mass is 16.4. The zero-order chi connectivity index (χ0) is 22.5. The number of Topliss-reactive ketones (excluding diaryl/α,β-unsaturated/α-hetero) is 1. The highest BCUT2D eigenvalue weighted by Crippen LogP contribution is 2.21. The molecule has 6 nitrogen and oxygen atoms in total. The minimum absolute atomic E-state index is 0.205. The van der Waals surface area contributed by atoms with Crippen LogP contribution < -0.4 is 10.6 Å². The van der Waals surface area contributed by atoms with Crippen LogP contribution in [0, 0.1) is 6.92 Å². The molecular formula is C26H23N3O3. The molecule has 0 radical (unpaired) electrons. The largest absolute Gasteiger partial charge is 0.410 e. The van der Waals surface area contributed by atoms with E-state index in [0.717, 1.165) is 11.1 Å². The minimum Gasteiger partial charge on any atom is -0.410 e. The van der Waals surface area contributed by atoms with Gasteiger partial charge in [0, 0.05) is 23.2 Å². The minimum atomic E-state index is -0.723. The second-order valence-electron chi connectivity index (χ2n) is 7.66. The van der Waals surface area contributed by atoms with Gasteiger partial charge in [-0.05, 0) is 30.7 Å². The normalized spacial score (nSPS) is 15.0. The number of fused-ring (bicyclic) bond motifs is 1. The first-order chi connectivity index (χ1) is 15.5. The summed E-state index contributed by atoms with van der Waals surface area (Å²) in [6.45, 7) is 1.98. The first-order valence-corrected chi connectivity index (χ1v) is 10.3. The number of nitrogens with one attached hydrogen (secondary N) is 2. The summed E-state index contributed by atoms with van der Waals surface area (Å²) in [5, 5.41) is 18.8. The van der Waals surface area contributed by atoms with Crippen LogP contribution in [0.2, 0.25) is 0 Å². The van der Waals surface area contributed by atoms with E-state index in [4.69, 9.17) is 0 Å². The summed E-state index contributed by atoms with van der Waals surface area (Å²) in [6.07, 6.45) is 1.85. The van der Waals surface area contributed by atoms with Gasteiger partial charge in [-0.2, -0.15) is 0 Å². The molecule has 0 fully saturated rings. The topological polar surface area (TPSA) is 90.8 Å². The fourth-order valence-corrected chi connectivity index (χ4v) is 3.63. The van der Waals surface area contributed by atoms with Gasteiger partial charge in [0.1, 0.15) is 11.8 Å². The molecule has 0 saturated heterocycles. The van der Waals surface area contributed by atoms with Gasteiger partial charge in [0.05, 0.1) is 5.70 Å². The molecule has 1 aliphatic rings. The van der Waals surface area contributed by atoms with Crippen molar-refractivity contribution in [1.82, 2.24) is 5.32 Å². The molecule has 0 saturated carbocycles. The molecule has 4 rings (SSSR count). The number of aryl methyl sites for hydroxylation is 1. The monoisotopic (exact) mass is 425 g/mol. The second-order valence-corrected chi connectivity index (χ2v) is 7.66. The van der Waals surface area contributed by atoms with Crippen molar-refractivity contribution in [2.45, 2.75) is 19.4 Å². The Balaban J connectivity index is 1.62. The second kappa shape index (κ2) is 9.31. The fraction of sp³-hybridized carbons (Fsp3) is 0.115. The van der Waals surface area contributed by atoms with Crippen molar-refractivity contribution in [3.05, 3.63) is 113 Å². The predicted octanol–water partition coefficient (Wildman–Crippen LogP) is 4.09. The van der Waals surface area contributed by atoms with Crippen LogP contribution in [-0.2, 0) is 11.2 Å². The lowest BCUT2D eigenvalue weighted by Crippen LogP contribution is -2.44. The van der Waals surface area contributed by atoms with E-state index in [2.05, 4.69) is 15.8 Å². The molecule has 0 heterocycles. The van der Waals surface area contributed by atoms with Gasteiger partial charge in [0.25, 0.3) is 0 Å². The molecule has 0 aliphatic heterocycles. The Morgan fingerprint density at radius 1 is 0.938 bits per heavy atom. The molecule has 1 amide bonds. The molecule has 3 aromatic carbocycles. The summed E-state index contributed by atoms with van der Waals surface area (Å²) < 4.78 is 0. The maximum Gasteiger partial charge on any atom is 0.247 e. The highest BCUT2D eigenvalue weighted by molar-refractivity contribution is 6.26. The van der Waals surface area contributed by atoms with Gasteiger partial charge in [0.15, 0.2) is 0 Å². The van der Waals surface area contributed by atoms with Crippen molar-refractivity contribution in [2.24, 2.45) is 5.16 Å². The zero-order valence-electron chi connectivity index (χ0n) is 17.6. The van der Waals surface area contributed by atoms with Crippen molar-refractivity contribution in [3.8, 4) is 0 Å². The van der Waals surface area contributed by atoms with Gasteiger partial charge in [-0.1, -0.05) is 77.4 Å². The summed E-state index contributed by atoms with van der Waals surface area (Å²) in [7, 11) is 0. The number of hydrogen-bond acceptors (Lipinski definition) is 5. The number of ketones is 1. The van der Waals surface area contributed by atoms with Crippen molar-refractivity contribution < 1.29 is 14.8 Å². The summed E-state index contributed by atoms with van der Waals surface area (Å²) in [6, 6.07) is 23.3. The van der Waals surface area contributed by atoms with Crippen LogP contribution in [0.4, 0.5) is 5.69 Å². The van der Waals surface area contributed by atoms with Gasteiger partial charge < -0.3 is 15.8 Å². The Morgan fingerprint density at radius 3 is 2.28 bits per heavy atom. The Hall–Kier alpha value is -4.19.